The predicted molar refractivity (Wildman–Crippen MR) is 59.6 cm³/mol. The van der Waals surface area contributed by atoms with Crippen LogP contribution in [-0.2, 0) is 0 Å². The van der Waals surface area contributed by atoms with Gasteiger partial charge in [-0.2, -0.15) is 0 Å². The summed E-state index contributed by atoms with van der Waals surface area (Å²) in [5, 5.41) is 0. The van der Waals surface area contributed by atoms with Gasteiger partial charge in [-0.1, -0.05) is 22.0 Å². The summed E-state index contributed by atoms with van der Waals surface area (Å²) >= 11 is 3.22. The van der Waals surface area contributed by atoms with Crippen molar-refractivity contribution in [3.05, 3.63) is 34.1 Å². The Hall–Kier alpha value is -0.450. The Morgan fingerprint density at radius 3 is 2.57 bits per heavy atom. The zero-order valence-corrected chi connectivity index (χ0v) is 9.88. The summed E-state index contributed by atoms with van der Waals surface area (Å²) in [6, 6.07) is 4.98. The van der Waals surface area contributed by atoms with Crippen molar-refractivity contribution in [2.45, 2.75) is 6.04 Å². The lowest BCUT2D eigenvalue weighted by molar-refractivity contribution is 0.298. The van der Waals surface area contributed by atoms with E-state index in [9.17, 15) is 4.39 Å². The lowest BCUT2D eigenvalue weighted by Crippen LogP contribution is -2.27. The molecule has 78 valence electrons. The maximum absolute atomic E-state index is 13.5. The molecule has 1 atom stereocenters. The number of rotatable bonds is 3. The third kappa shape index (κ3) is 2.53. The molecule has 0 aliphatic rings. The molecule has 0 saturated heterocycles. The number of nitrogens with zero attached hydrogens (tertiary/aromatic N) is 1. The highest BCUT2D eigenvalue weighted by Gasteiger charge is 2.16. The zero-order chi connectivity index (χ0) is 10.7. The molecular formula is C10H14BrFN2. The van der Waals surface area contributed by atoms with Crippen molar-refractivity contribution in [3.63, 3.8) is 0 Å². The van der Waals surface area contributed by atoms with Crippen LogP contribution in [0.15, 0.2) is 22.7 Å². The quantitative estimate of drug-likeness (QED) is 0.903. The average Bonchev–Trinajstić information content (AvgIpc) is 2.09. The number of hydrogen-bond acceptors (Lipinski definition) is 2. The van der Waals surface area contributed by atoms with Gasteiger partial charge in [-0.15, -0.1) is 0 Å². The van der Waals surface area contributed by atoms with E-state index in [2.05, 4.69) is 15.9 Å². The van der Waals surface area contributed by atoms with Crippen LogP contribution < -0.4 is 5.73 Å². The molecule has 0 radical (unpaired) electrons. The van der Waals surface area contributed by atoms with Crippen molar-refractivity contribution in [1.29, 1.82) is 0 Å². The van der Waals surface area contributed by atoms with Gasteiger partial charge in [-0.05, 0) is 26.2 Å². The van der Waals surface area contributed by atoms with E-state index in [0.29, 0.717) is 12.1 Å². The summed E-state index contributed by atoms with van der Waals surface area (Å²) in [6.45, 7) is 0.408. The first-order chi connectivity index (χ1) is 6.56. The van der Waals surface area contributed by atoms with E-state index in [0.717, 1.165) is 4.47 Å². The van der Waals surface area contributed by atoms with Gasteiger partial charge in [0.25, 0.3) is 0 Å². The normalized spacial score (nSPS) is 13.3. The number of hydrogen-bond donors (Lipinski definition) is 1. The van der Waals surface area contributed by atoms with E-state index in [-0.39, 0.29) is 11.9 Å². The SMILES string of the molecule is CN(C)C(CN)c1ccc(Br)cc1F. The first-order valence-corrected chi connectivity index (χ1v) is 5.17. The minimum atomic E-state index is -0.219. The molecule has 0 spiro atoms. The molecule has 0 heterocycles. The summed E-state index contributed by atoms with van der Waals surface area (Å²) in [6.07, 6.45) is 0. The van der Waals surface area contributed by atoms with E-state index in [1.165, 1.54) is 6.07 Å². The summed E-state index contributed by atoms with van der Waals surface area (Å²) in [5.74, 6) is -0.219. The monoisotopic (exact) mass is 260 g/mol. The second-order valence-corrected chi connectivity index (χ2v) is 4.30. The number of nitrogens with two attached hydrogens (primary N) is 1. The molecule has 1 aromatic rings. The van der Waals surface area contributed by atoms with E-state index in [4.69, 9.17) is 5.73 Å². The predicted octanol–water partition coefficient (Wildman–Crippen LogP) is 2.15. The van der Waals surface area contributed by atoms with Gasteiger partial charge in [0.15, 0.2) is 0 Å². The van der Waals surface area contributed by atoms with Crippen LogP contribution in [0.2, 0.25) is 0 Å². The molecule has 2 N–H and O–H groups in total. The lowest BCUT2D eigenvalue weighted by Gasteiger charge is -2.23. The van der Waals surface area contributed by atoms with Crippen LogP contribution in [0.5, 0.6) is 0 Å². The molecule has 14 heavy (non-hydrogen) atoms. The second-order valence-electron chi connectivity index (χ2n) is 3.38. The van der Waals surface area contributed by atoms with Crippen molar-refractivity contribution in [1.82, 2.24) is 4.90 Å². The maximum atomic E-state index is 13.5. The first-order valence-electron chi connectivity index (χ1n) is 4.37. The van der Waals surface area contributed by atoms with Crippen LogP contribution >= 0.6 is 15.9 Å². The fraction of sp³-hybridized carbons (Fsp3) is 0.400. The Morgan fingerprint density at radius 2 is 2.14 bits per heavy atom. The van der Waals surface area contributed by atoms with Crippen LogP contribution in [0.25, 0.3) is 0 Å². The average molecular weight is 261 g/mol. The lowest BCUT2D eigenvalue weighted by atomic mass is 10.1. The van der Waals surface area contributed by atoms with Gasteiger partial charge in [0.1, 0.15) is 5.82 Å². The van der Waals surface area contributed by atoms with Crippen molar-refractivity contribution < 1.29 is 4.39 Å². The van der Waals surface area contributed by atoms with Gasteiger partial charge in [-0.3, -0.25) is 0 Å². The number of likely N-dealkylation sites (N-methyl/N-ethyl adjacent to an activating group) is 1. The van der Waals surface area contributed by atoms with Gasteiger partial charge in [0.2, 0.25) is 0 Å². The standard InChI is InChI=1S/C10H14BrFN2/c1-14(2)10(6-13)8-4-3-7(11)5-9(8)12/h3-5,10H,6,13H2,1-2H3. The Kier molecular flexibility index (Phi) is 4.04. The highest BCUT2D eigenvalue weighted by atomic mass is 79.9. The van der Waals surface area contributed by atoms with Crippen molar-refractivity contribution in [2.75, 3.05) is 20.6 Å². The molecule has 4 heteroatoms. The molecule has 1 unspecified atom stereocenters. The van der Waals surface area contributed by atoms with Crippen LogP contribution in [-0.4, -0.2) is 25.5 Å². The highest BCUT2D eigenvalue weighted by Crippen LogP contribution is 2.23. The Balaban J connectivity index is 3.04. The van der Waals surface area contributed by atoms with Crippen LogP contribution in [0.4, 0.5) is 4.39 Å². The van der Waals surface area contributed by atoms with Gasteiger partial charge < -0.3 is 10.6 Å². The van der Waals surface area contributed by atoms with Crippen molar-refractivity contribution in [3.8, 4) is 0 Å². The fourth-order valence-electron chi connectivity index (χ4n) is 1.39. The van der Waals surface area contributed by atoms with E-state index in [1.807, 2.05) is 25.1 Å². The van der Waals surface area contributed by atoms with Gasteiger partial charge in [0, 0.05) is 22.6 Å². The molecule has 0 amide bonds. The Bertz CT molecular complexity index is 315. The molecule has 2 nitrogen and oxygen atoms in total. The van der Waals surface area contributed by atoms with Crippen LogP contribution in [0.3, 0.4) is 0 Å². The van der Waals surface area contributed by atoms with E-state index >= 15 is 0 Å². The molecule has 1 aromatic carbocycles. The molecule has 0 aliphatic carbocycles. The fourth-order valence-corrected chi connectivity index (χ4v) is 1.72. The number of halogens is 2. The summed E-state index contributed by atoms with van der Waals surface area (Å²) in [4.78, 5) is 1.91. The molecule has 0 fully saturated rings. The topological polar surface area (TPSA) is 29.3 Å². The van der Waals surface area contributed by atoms with Crippen molar-refractivity contribution in [2.24, 2.45) is 5.73 Å². The first kappa shape index (κ1) is 11.6. The Labute approximate surface area is 92.0 Å². The minimum absolute atomic E-state index is 0.0666. The molecule has 0 aromatic heterocycles. The highest BCUT2D eigenvalue weighted by molar-refractivity contribution is 9.10. The molecular weight excluding hydrogens is 247 g/mol. The third-order valence-corrected chi connectivity index (χ3v) is 2.66. The number of benzene rings is 1. The summed E-state index contributed by atoms with van der Waals surface area (Å²) in [5.41, 5.74) is 6.23. The maximum Gasteiger partial charge on any atom is 0.129 e. The largest absolute Gasteiger partial charge is 0.329 e. The van der Waals surface area contributed by atoms with Crippen LogP contribution in [0.1, 0.15) is 11.6 Å². The molecule has 1 rings (SSSR count). The molecule has 0 saturated carbocycles. The summed E-state index contributed by atoms with van der Waals surface area (Å²) in [7, 11) is 3.78. The summed E-state index contributed by atoms with van der Waals surface area (Å²) < 4.78 is 14.3. The molecule has 0 bridgehead atoms. The minimum Gasteiger partial charge on any atom is -0.329 e. The molecule has 0 aliphatic heterocycles. The van der Waals surface area contributed by atoms with E-state index < -0.39 is 0 Å². The third-order valence-electron chi connectivity index (χ3n) is 2.17. The second kappa shape index (κ2) is 4.87. The zero-order valence-electron chi connectivity index (χ0n) is 8.30. The van der Waals surface area contributed by atoms with Gasteiger partial charge in [-0.25, -0.2) is 4.39 Å². The van der Waals surface area contributed by atoms with Crippen molar-refractivity contribution >= 4 is 15.9 Å². The van der Waals surface area contributed by atoms with Gasteiger partial charge >= 0.3 is 0 Å². The Morgan fingerprint density at radius 1 is 1.50 bits per heavy atom. The van der Waals surface area contributed by atoms with E-state index in [1.54, 1.807) is 6.07 Å². The van der Waals surface area contributed by atoms with Crippen LogP contribution in [0, 0.1) is 5.82 Å². The van der Waals surface area contributed by atoms with Gasteiger partial charge in [0.05, 0.1) is 0 Å². The smallest absolute Gasteiger partial charge is 0.129 e.